The lowest BCUT2D eigenvalue weighted by atomic mass is 10.1. The zero-order valence-corrected chi connectivity index (χ0v) is 11.7. The van der Waals surface area contributed by atoms with Crippen molar-refractivity contribution in [3.63, 3.8) is 0 Å². The van der Waals surface area contributed by atoms with Crippen LogP contribution in [0.1, 0.15) is 29.6 Å². The number of carboxylic acid groups (broad SMARTS) is 1. The molecule has 0 radical (unpaired) electrons. The number of aromatic nitrogens is 4. The second-order valence-corrected chi connectivity index (χ2v) is 5.26. The molecule has 114 valence electrons. The average molecular weight is 301 g/mol. The molecule has 0 unspecified atom stereocenters. The van der Waals surface area contributed by atoms with E-state index in [0.717, 1.165) is 0 Å². The number of nitrogens with one attached hydrogen (secondary N) is 1. The van der Waals surface area contributed by atoms with Crippen molar-refractivity contribution in [1.29, 1.82) is 0 Å². The number of nitrogens with zero attached hydrogens (tertiary/aromatic N) is 4. The van der Waals surface area contributed by atoms with Gasteiger partial charge in [-0.3, -0.25) is 9.59 Å². The summed E-state index contributed by atoms with van der Waals surface area (Å²) in [6.45, 7) is 0. The molecule has 0 spiro atoms. The lowest BCUT2D eigenvalue weighted by Crippen LogP contribution is -2.33. The molecule has 1 aliphatic carbocycles. The van der Waals surface area contributed by atoms with Crippen LogP contribution < -0.4 is 5.32 Å². The molecular formula is C14H15N5O3. The van der Waals surface area contributed by atoms with Crippen molar-refractivity contribution >= 4 is 11.9 Å². The Labute approximate surface area is 126 Å². The first kappa shape index (κ1) is 14.2. The topological polar surface area (TPSA) is 110 Å². The number of carbonyl (C=O) groups excluding carboxylic acids is 1. The molecule has 2 atom stereocenters. The van der Waals surface area contributed by atoms with E-state index < -0.39 is 5.97 Å². The molecule has 1 amide bonds. The van der Waals surface area contributed by atoms with Gasteiger partial charge in [0.25, 0.3) is 5.91 Å². The number of rotatable bonds is 4. The second-order valence-electron chi connectivity index (χ2n) is 5.26. The predicted octanol–water partition coefficient (Wildman–Crippen LogP) is 0.645. The van der Waals surface area contributed by atoms with Gasteiger partial charge in [-0.15, -0.1) is 0 Å². The molecule has 22 heavy (non-hydrogen) atoms. The van der Waals surface area contributed by atoms with E-state index in [2.05, 4.69) is 20.4 Å². The first-order valence-electron chi connectivity index (χ1n) is 6.98. The largest absolute Gasteiger partial charge is 0.481 e. The molecule has 2 heterocycles. The zero-order valence-electron chi connectivity index (χ0n) is 11.7. The summed E-state index contributed by atoms with van der Waals surface area (Å²) in [7, 11) is 0. The predicted molar refractivity (Wildman–Crippen MR) is 75.4 cm³/mol. The van der Waals surface area contributed by atoms with E-state index >= 15 is 0 Å². The maximum absolute atomic E-state index is 12.1. The summed E-state index contributed by atoms with van der Waals surface area (Å²) in [6.07, 6.45) is 6.16. The van der Waals surface area contributed by atoms with Gasteiger partial charge >= 0.3 is 5.97 Å². The lowest BCUT2D eigenvalue weighted by molar-refractivity contribution is -0.141. The monoisotopic (exact) mass is 301 g/mol. The number of carbonyl (C=O) groups is 2. The highest BCUT2D eigenvalue weighted by Gasteiger charge is 2.30. The first-order chi connectivity index (χ1) is 10.6. The Hall–Kier alpha value is -2.77. The quantitative estimate of drug-likeness (QED) is 0.857. The van der Waals surface area contributed by atoms with Gasteiger partial charge in [-0.25, -0.2) is 14.6 Å². The molecule has 3 rings (SSSR count). The second kappa shape index (κ2) is 5.92. The highest BCUT2D eigenvalue weighted by Crippen LogP contribution is 2.25. The maximum Gasteiger partial charge on any atom is 0.306 e. The van der Waals surface area contributed by atoms with E-state index in [4.69, 9.17) is 5.11 Å². The fourth-order valence-corrected chi connectivity index (χ4v) is 2.59. The van der Waals surface area contributed by atoms with Gasteiger partial charge in [0, 0.05) is 12.2 Å². The van der Waals surface area contributed by atoms with Crippen LogP contribution in [0, 0.1) is 5.92 Å². The van der Waals surface area contributed by atoms with E-state index in [-0.39, 0.29) is 17.9 Å². The third-order valence-electron chi connectivity index (χ3n) is 3.78. The third kappa shape index (κ3) is 2.95. The van der Waals surface area contributed by atoms with Crippen LogP contribution in [0.2, 0.25) is 0 Å². The van der Waals surface area contributed by atoms with Crippen molar-refractivity contribution in [2.45, 2.75) is 25.3 Å². The molecule has 8 heteroatoms. The number of amides is 1. The summed E-state index contributed by atoms with van der Waals surface area (Å²) in [4.78, 5) is 31.1. The number of hydrogen-bond acceptors (Lipinski definition) is 5. The average Bonchev–Trinajstić information content (AvgIpc) is 3.19. The summed E-state index contributed by atoms with van der Waals surface area (Å²) in [5.74, 6) is -0.830. The molecule has 2 aromatic heterocycles. The molecular weight excluding hydrogens is 286 g/mol. The molecule has 1 saturated carbocycles. The lowest BCUT2D eigenvalue weighted by Gasteiger charge is -2.12. The standard InChI is InChI=1S/C14H15N5O3/c20-13(18-11-3-1-9(5-11)14(21)22)10-2-4-12(16-6-10)19-8-15-7-17-19/h2,4,6-9,11H,1,3,5H2,(H,18,20)(H,21,22)/t9-,11+/m0/s1. The first-order valence-corrected chi connectivity index (χ1v) is 6.98. The highest BCUT2D eigenvalue weighted by atomic mass is 16.4. The Bertz CT molecular complexity index is 668. The van der Waals surface area contributed by atoms with Gasteiger partial charge in [-0.1, -0.05) is 0 Å². The van der Waals surface area contributed by atoms with Crippen molar-refractivity contribution in [3.8, 4) is 5.82 Å². The van der Waals surface area contributed by atoms with Gasteiger partial charge in [0.1, 0.15) is 12.7 Å². The number of pyridine rings is 1. The summed E-state index contributed by atoms with van der Waals surface area (Å²) < 4.78 is 1.50. The minimum atomic E-state index is -0.796. The van der Waals surface area contributed by atoms with E-state index in [0.29, 0.717) is 30.6 Å². The fourth-order valence-electron chi connectivity index (χ4n) is 2.59. The van der Waals surface area contributed by atoms with E-state index in [1.54, 1.807) is 12.1 Å². The van der Waals surface area contributed by atoms with Gasteiger partial charge < -0.3 is 10.4 Å². The minimum Gasteiger partial charge on any atom is -0.481 e. The van der Waals surface area contributed by atoms with Gasteiger partial charge in [0.2, 0.25) is 0 Å². The summed E-state index contributed by atoms with van der Waals surface area (Å²) >= 11 is 0. The Morgan fingerprint density at radius 2 is 2.18 bits per heavy atom. The van der Waals surface area contributed by atoms with Crippen LogP contribution in [-0.2, 0) is 4.79 Å². The van der Waals surface area contributed by atoms with Gasteiger partial charge in [0.05, 0.1) is 11.5 Å². The SMILES string of the molecule is O=C(N[C@@H]1CC[C@H](C(=O)O)C1)c1ccc(-n2cncn2)nc1. The summed E-state index contributed by atoms with van der Waals surface area (Å²) in [6, 6.07) is 3.24. The van der Waals surface area contributed by atoms with Gasteiger partial charge in [-0.2, -0.15) is 5.10 Å². The van der Waals surface area contributed by atoms with Crippen molar-refractivity contribution < 1.29 is 14.7 Å². The zero-order chi connectivity index (χ0) is 15.5. The van der Waals surface area contributed by atoms with E-state index in [1.807, 2.05) is 0 Å². The van der Waals surface area contributed by atoms with Crippen LogP contribution in [0.4, 0.5) is 0 Å². The molecule has 0 aliphatic heterocycles. The Kier molecular flexibility index (Phi) is 3.82. The van der Waals surface area contributed by atoms with Crippen molar-refractivity contribution in [2.24, 2.45) is 5.92 Å². The molecule has 8 nitrogen and oxygen atoms in total. The van der Waals surface area contributed by atoms with E-state index in [1.165, 1.54) is 23.5 Å². The normalized spacial score (nSPS) is 20.7. The maximum atomic E-state index is 12.1. The summed E-state index contributed by atoms with van der Waals surface area (Å²) in [5, 5.41) is 15.8. The van der Waals surface area contributed by atoms with Crippen molar-refractivity contribution in [3.05, 3.63) is 36.5 Å². The molecule has 0 aromatic carbocycles. The van der Waals surface area contributed by atoms with E-state index in [9.17, 15) is 9.59 Å². The fraction of sp³-hybridized carbons (Fsp3) is 0.357. The van der Waals surface area contributed by atoms with Crippen LogP contribution in [0.3, 0.4) is 0 Å². The van der Waals surface area contributed by atoms with Gasteiger partial charge in [0.15, 0.2) is 5.82 Å². The Morgan fingerprint density at radius 1 is 1.32 bits per heavy atom. The number of hydrogen-bond donors (Lipinski definition) is 2. The van der Waals surface area contributed by atoms with Crippen LogP contribution in [0.5, 0.6) is 0 Å². The molecule has 1 fully saturated rings. The number of carboxylic acids is 1. The highest BCUT2D eigenvalue weighted by molar-refractivity contribution is 5.94. The smallest absolute Gasteiger partial charge is 0.306 e. The Morgan fingerprint density at radius 3 is 2.77 bits per heavy atom. The molecule has 0 saturated heterocycles. The van der Waals surface area contributed by atoms with Crippen LogP contribution >= 0.6 is 0 Å². The third-order valence-corrected chi connectivity index (χ3v) is 3.78. The summed E-state index contributed by atoms with van der Waals surface area (Å²) in [5.41, 5.74) is 0.433. The van der Waals surface area contributed by atoms with Crippen LogP contribution in [-0.4, -0.2) is 42.8 Å². The molecule has 2 aromatic rings. The molecule has 1 aliphatic rings. The minimum absolute atomic E-state index is 0.0939. The molecule has 0 bridgehead atoms. The van der Waals surface area contributed by atoms with Crippen molar-refractivity contribution in [1.82, 2.24) is 25.1 Å². The van der Waals surface area contributed by atoms with Gasteiger partial charge in [-0.05, 0) is 31.4 Å². The molecule has 2 N–H and O–H groups in total. The number of aliphatic carboxylic acids is 1. The van der Waals surface area contributed by atoms with Crippen LogP contribution in [0.15, 0.2) is 31.0 Å². The Balaban J connectivity index is 1.62. The van der Waals surface area contributed by atoms with Crippen LogP contribution in [0.25, 0.3) is 5.82 Å². The van der Waals surface area contributed by atoms with Crippen molar-refractivity contribution in [2.75, 3.05) is 0 Å².